The Morgan fingerprint density at radius 3 is 1.65 bits per heavy atom. The zero-order chi connectivity index (χ0) is 54.1. The lowest BCUT2D eigenvalue weighted by atomic mass is 9.85. The second kappa shape index (κ2) is 24.8. The highest BCUT2D eigenvalue weighted by Crippen LogP contribution is 2.33. The van der Waals surface area contributed by atoms with Crippen LogP contribution in [0.5, 0.6) is 0 Å². The fourth-order valence-corrected chi connectivity index (χ4v) is 10.8. The van der Waals surface area contributed by atoms with Crippen molar-refractivity contribution in [2.75, 3.05) is 27.2 Å². The van der Waals surface area contributed by atoms with Gasteiger partial charge in [0.25, 0.3) is 11.8 Å². The molecule has 2 heterocycles. The number of likely N-dealkylation sites (tertiary alicyclic amines) is 2. The Bertz CT molecular complexity index is 2630. The quantitative estimate of drug-likeness (QED) is 0.0663. The third kappa shape index (κ3) is 13.4. The fourth-order valence-electron chi connectivity index (χ4n) is 10.8. The van der Waals surface area contributed by atoms with E-state index in [2.05, 4.69) is 60.6 Å². The van der Waals surface area contributed by atoms with E-state index in [1.807, 2.05) is 57.2 Å². The number of terminal acetylenes is 1. The molecule has 402 valence electrons. The summed E-state index contributed by atoms with van der Waals surface area (Å²) in [5.74, 6) is -0.620. The smallest absolute Gasteiger partial charge is 0.251 e. The summed E-state index contributed by atoms with van der Waals surface area (Å²) in [6.07, 6.45) is 9.70. The van der Waals surface area contributed by atoms with Crippen molar-refractivity contribution in [3.8, 4) is 12.3 Å². The van der Waals surface area contributed by atoms with Gasteiger partial charge in [-0.2, -0.15) is 0 Å². The molecule has 2 fully saturated rings. The van der Waals surface area contributed by atoms with Crippen LogP contribution < -0.4 is 42.5 Å². The largest absolute Gasteiger partial charge is 0.377 e. The van der Waals surface area contributed by atoms with Crippen LogP contribution >= 0.6 is 0 Å². The lowest BCUT2D eigenvalue weighted by molar-refractivity contribution is -0.144. The van der Waals surface area contributed by atoms with Gasteiger partial charge in [-0.05, 0) is 125 Å². The van der Waals surface area contributed by atoms with Crippen LogP contribution in [0.3, 0.4) is 0 Å². The normalized spacial score (nSPS) is 23.2. The molecule has 0 bridgehead atoms. The molecule has 2 saturated heterocycles. The molecule has 18 heteroatoms. The average molecular weight is 1030 g/mol. The summed E-state index contributed by atoms with van der Waals surface area (Å²) in [5, 5.41) is 35.0. The number of aliphatic hydroxyl groups is 1. The number of hydrogen-bond donors (Lipinski definition) is 9. The maximum atomic E-state index is 14.7. The van der Waals surface area contributed by atoms with Gasteiger partial charge in [0.2, 0.25) is 29.5 Å². The molecule has 11 unspecified atom stereocenters. The van der Waals surface area contributed by atoms with Crippen LogP contribution in [-0.2, 0) is 36.8 Å². The minimum Gasteiger partial charge on any atom is -0.377 e. The Kier molecular flexibility index (Phi) is 18.5. The minimum atomic E-state index is -1.14. The van der Waals surface area contributed by atoms with E-state index in [1.54, 1.807) is 46.1 Å². The highest BCUT2D eigenvalue weighted by molar-refractivity contribution is 6.00. The van der Waals surface area contributed by atoms with Gasteiger partial charge < -0.3 is 52.1 Å². The van der Waals surface area contributed by atoms with E-state index in [1.165, 1.54) is 15.9 Å². The Morgan fingerprint density at radius 1 is 0.693 bits per heavy atom. The summed E-state index contributed by atoms with van der Waals surface area (Å²) in [6.45, 7) is 8.91. The molecule has 75 heavy (non-hydrogen) atoms. The van der Waals surface area contributed by atoms with E-state index in [9.17, 15) is 38.7 Å². The van der Waals surface area contributed by atoms with Gasteiger partial charge >= 0.3 is 0 Å². The fraction of sp³-hybridized carbons (Fsp3) is 0.526. The number of fused-ring (bicyclic) bond motifs is 2. The lowest BCUT2D eigenvalue weighted by Crippen LogP contribution is -2.59. The van der Waals surface area contributed by atoms with Crippen molar-refractivity contribution in [3.63, 3.8) is 0 Å². The number of nitrogens with one attached hydrogen (secondary N) is 8. The molecular formula is C57H76N10O8. The molecule has 3 aromatic carbocycles. The first kappa shape index (κ1) is 56.1. The Labute approximate surface area is 441 Å². The minimum absolute atomic E-state index is 0.0157. The van der Waals surface area contributed by atoms with Crippen molar-refractivity contribution in [2.24, 2.45) is 5.41 Å². The highest BCUT2D eigenvalue weighted by Gasteiger charge is 2.47. The van der Waals surface area contributed by atoms with Gasteiger partial charge in [0.15, 0.2) is 0 Å². The molecule has 2 aliphatic carbocycles. The monoisotopic (exact) mass is 1030 g/mol. The van der Waals surface area contributed by atoms with Crippen molar-refractivity contribution in [2.45, 2.75) is 159 Å². The van der Waals surface area contributed by atoms with Crippen molar-refractivity contribution < 1.29 is 38.7 Å². The third-order valence-corrected chi connectivity index (χ3v) is 15.3. The van der Waals surface area contributed by atoms with Gasteiger partial charge in [-0.25, -0.2) is 0 Å². The number of carbonyl (C=O) groups is 7. The summed E-state index contributed by atoms with van der Waals surface area (Å²) in [6, 6.07) is 15.2. The molecule has 7 rings (SSSR count). The summed E-state index contributed by atoms with van der Waals surface area (Å²) >= 11 is 0. The van der Waals surface area contributed by atoms with E-state index in [-0.39, 0.29) is 73.3 Å². The maximum absolute atomic E-state index is 14.7. The standard InChI is InChI=1S/C57H76N10O8/c1-9-17-45(64-49(68)33(2)58-7)55(74)66-31-39(29-46(66)53(72)62-43-26-15-20-35-18-10-12-24-41(35)43)60-51(70)37-22-14-23-38(28-37)52(71)61-40-30-47(54(73)63-44-27-16-21-36-19-11-13-25-42(36)44)67(32-40)56(75)48(57(4,5)6)65-50(69)34(3)59-8/h1,10-14,18-19,22-25,28,33-34,39-40,43-49,58-59,64,68H,15-17,20-21,26-27,29-32H2,2-8H3,(H,60,70)(H,61,71)(H,62,72)(H,63,73)(H,65,69). The van der Waals surface area contributed by atoms with E-state index < -0.39 is 83.6 Å². The zero-order valence-electron chi connectivity index (χ0n) is 44.3. The van der Waals surface area contributed by atoms with Gasteiger partial charge in [-0.15, -0.1) is 12.3 Å². The predicted molar refractivity (Wildman–Crippen MR) is 285 cm³/mol. The molecule has 18 nitrogen and oxygen atoms in total. The van der Waals surface area contributed by atoms with Gasteiger partial charge in [-0.3, -0.25) is 38.9 Å². The first-order chi connectivity index (χ1) is 35.8. The van der Waals surface area contributed by atoms with Gasteiger partial charge in [-0.1, -0.05) is 75.4 Å². The Hall–Kier alpha value is -6.65. The number of aryl methyl sites for hydroxylation is 2. The number of hydrogen-bond acceptors (Lipinski definition) is 11. The summed E-state index contributed by atoms with van der Waals surface area (Å²) in [7, 11) is 3.33. The topological polar surface area (TPSA) is 242 Å². The number of amides is 7. The van der Waals surface area contributed by atoms with Crippen LogP contribution in [-0.4, -0.2) is 138 Å². The summed E-state index contributed by atoms with van der Waals surface area (Å²) in [4.78, 5) is 102. The number of likely N-dealkylation sites (N-methyl/N-ethyl adjacent to an activating group) is 2. The Morgan fingerprint density at radius 2 is 1.19 bits per heavy atom. The van der Waals surface area contributed by atoms with Gasteiger partial charge in [0.1, 0.15) is 24.4 Å². The molecule has 11 atom stereocenters. The van der Waals surface area contributed by atoms with Gasteiger partial charge in [0.05, 0.1) is 24.2 Å². The third-order valence-electron chi connectivity index (χ3n) is 15.3. The predicted octanol–water partition coefficient (Wildman–Crippen LogP) is 2.52. The van der Waals surface area contributed by atoms with Crippen molar-refractivity contribution in [1.82, 2.24) is 52.3 Å². The summed E-state index contributed by atoms with van der Waals surface area (Å²) < 4.78 is 0. The van der Waals surface area contributed by atoms with E-state index in [0.717, 1.165) is 60.8 Å². The van der Waals surface area contributed by atoms with E-state index in [4.69, 9.17) is 6.42 Å². The van der Waals surface area contributed by atoms with Crippen LogP contribution in [0.2, 0.25) is 0 Å². The van der Waals surface area contributed by atoms with Crippen LogP contribution in [0, 0.1) is 17.8 Å². The van der Waals surface area contributed by atoms with Gasteiger partial charge in [0, 0.05) is 48.8 Å². The van der Waals surface area contributed by atoms with Crippen LogP contribution in [0.15, 0.2) is 72.8 Å². The zero-order valence-corrected chi connectivity index (χ0v) is 44.3. The van der Waals surface area contributed by atoms with Crippen molar-refractivity contribution >= 4 is 41.4 Å². The maximum Gasteiger partial charge on any atom is 0.251 e. The van der Waals surface area contributed by atoms with Crippen LogP contribution in [0.4, 0.5) is 0 Å². The number of benzene rings is 3. The van der Waals surface area contributed by atoms with Crippen molar-refractivity contribution in [1.29, 1.82) is 0 Å². The first-order valence-corrected chi connectivity index (χ1v) is 26.4. The SMILES string of the molecule is C#CCC(NC(O)C(C)NC)C(=O)N1CC(NC(=O)c2cccc(C(=O)NC3CC(C(=O)NC4CCCc5ccccc54)N(C(=O)C(NC(=O)C(C)NC)C(C)(C)C)C3)c2)CC1C(=O)NC1CCCc2ccccc21. The number of rotatable bonds is 18. The molecule has 3 aromatic rings. The molecule has 7 amide bonds. The lowest BCUT2D eigenvalue weighted by Gasteiger charge is -2.36. The highest BCUT2D eigenvalue weighted by atomic mass is 16.3. The van der Waals surface area contributed by atoms with Crippen LogP contribution in [0.1, 0.15) is 135 Å². The second-order valence-corrected chi connectivity index (χ2v) is 21.7. The first-order valence-electron chi connectivity index (χ1n) is 26.4. The molecule has 9 N–H and O–H groups in total. The molecule has 4 aliphatic rings. The van der Waals surface area contributed by atoms with E-state index in [0.29, 0.717) is 0 Å². The number of nitrogens with zero attached hydrogens (tertiary/aromatic N) is 2. The van der Waals surface area contributed by atoms with Crippen LogP contribution in [0.25, 0.3) is 0 Å². The molecule has 0 saturated carbocycles. The summed E-state index contributed by atoms with van der Waals surface area (Å²) in [5.41, 5.74) is 3.92. The number of carbonyl (C=O) groups excluding carboxylic acids is 7. The molecule has 0 aromatic heterocycles. The molecular weight excluding hydrogens is 953 g/mol. The van der Waals surface area contributed by atoms with Crippen molar-refractivity contribution in [3.05, 3.63) is 106 Å². The molecule has 2 aliphatic heterocycles. The number of aliphatic hydroxyl groups excluding tert-OH is 1. The van der Waals surface area contributed by atoms with E-state index >= 15 is 0 Å². The molecule has 0 spiro atoms. The molecule has 0 radical (unpaired) electrons. The second-order valence-electron chi connectivity index (χ2n) is 21.7. The Balaban J connectivity index is 1.07. The average Bonchev–Trinajstić information content (AvgIpc) is 4.03.